The molecule has 0 spiro atoms. The fourth-order valence-electron chi connectivity index (χ4n) is 4.92. The SMILES string of the molecule is C=CC(COCc1ccc(O)cc1)CB1OC2CC3CC(C2O1)C3(C)C. The average molecular weight is 356 g/mol. The highest BCUT2D eigenvalue weighted by molar-refractivity contribution is 6.45. The number of aromatic hydroxyl groups is 1. The molecule has 5 heteroatoms. The molecule has 140 valence electrons. The second kappa shape index (κ2) is 7.03. The van der Waals surface area contributed by atoms with Gasteiger partial charge >= 0.3 is 7.12 Å². The molecule has 2 bridgehead atoms. The Morgan fingerprint density at radius 3 is 2.77 bits per heavy atom. The Labute approximate surface area is 156 Å². The Morgan fingerprint density at radius 1 is 1.31 bits per heavy atom. The molecular formula is C21H29BO4. The monoisotopic (exact) mass is 356 g/mol. The molecule has 26 heavy (non-hydrogen) atoms. The topological polar surface area (TPSA) is 47.9 Å². The van der Waals surface area contributed by atoms with Crippen LogP contribution in [0.15, 0.2) is 36.9 Å². The minimum absolute atomic E-state index is 0.138. The zero-order valence-electron chi connectivity index (χ0n) is 15.8. The van der Waals surface area contributed by atoms with Crippen LogP contribution in [0, 0.1) is 23.2 Å². The van der Waals surface area contributed by atoms with Gasteiger partial charge in [0.25, 0.3) is 0 Å². The van der Waals surface area contributed by atoms with Crippen LogP contribution in [0.5, 0.6) is 5.75 Å². The highest BCUT2D eigenvalue weighted by atomic mass is 16.7. The van der Waals surface area contributed by atoms with Crippen molar-refractivity contribution in [2.24, 2.45) is 23.2 Å². The molecule has 1 aromatic rings. The van der Waals surface area contributed by atoms with E-state index in [1.165, 1.54) is 6.42 Å². The van der Waals surface area contributed by atoms with Crippen LogP contribution in [0.4, 0.5) is 0 Å². The molecule has 1 heterocycles. The summed E-state index contributed by atoms with van der Waals surface area (Å²) in [4.78, 5) is 0. The summed E-state index contributed by atoms with van der Waals surface area (Å²) in [6, 6.07) is 7.11. The number of hydrogen-bond acceptors (Lipinski definition) is 4. The fourth-order valence-corrected chi connectivity index (χ4v) is 4.92. The molecule has 3 saturated carbocycles. The van der Waals surface area contributed by atoms with Crippen molar-refractivity contribution < 1.29 is 19.2 Å². The van der Waals surface area contributed by atoms with Crippen molar-refractivity contribution in [3.05, 3.63) is 42.5 Å². The smallest absolute Gasteiger partial charge is 0.458 e. The standard InChI is InChI=1S/C21H29BO4/c1-4-14(12-24-13-15-5-7-17(23)8-6-15)11-22-25-19-10-16-9-18(20(19)26-22)21(16,2)3/h4-8,14,16,18-20,23H,1,9-13H2,2-3H3. The predicted molar refractivity (Wildman–Crippen MR) is 102 cm³/mol. The summed E-state index contributed by atoms with van der Waals surface area (Å²) in [5.74, 6) is 1.92. The number of phenols is 1. The van der Waals surface area contributed by atoms with Crippen LogP contribution < -0.4 is 0 Å². The third kappa shape index (κ3) is 3.33. The van der Waals surface area contributed by atoms with E-state index in [0.717, 1.165) is 24.2 Å². The van der Waals surface area contributed by atoms with Crippen molar-refractivity contribution >= 4 is 7.12 Å². The van der Waals surface area contributed by atoms with Gasteiger partial charge in [-0.2, -0.15) is 0 Å². The van der Waals surface area contributed by atoms with Gasteiger partial charge in [-0.1, -0.05) is 32.1 Å². The zero-order chi connectivity index (χ0) is 18.3. The van der Waals surface area contributed by atoms with Gasteiger partial charge in [0.15, 0.2) is 0 Å². The minimum atomic E-state index is -0.138. The van der Waals surface area contributed by atoms with Crippen molar-refractivity contribution in [3.63, 3.8) is 0 Å². The molecule has 0 amide bonds. The van der Waals surface area contributed by atoms with Gasteiger partial charge in [-0.25, -0.2) is 0 Å². The second-order valence-corrected chi connectivity index (χ2v) is 8.71. The lowest BCUT2D eigenvalue weighted by molar-refractivity contribution is -0.150. The first-order chi connectivity index (χ1) is 12.5. The predicted octanol–water partition coefficient (Wildman–Crippen LogP) is 4.05. The Bertz CT molecular complexity index is 644. The third-order valence-corrected chi connectivity index (χ3v) is 6.83. The molecule has 5 rings (SSSR count). The Balaban J connectivity index is 1.25. The molecule has 5 atom stereocenters. The van der Waals surface area contributed by atoms with E-state index in [2.05, 4.69) is 20.4 Å². The first-order valence-electron chi connectivity index (χ1n) is 9.76. The molecule has 4 fully saturated rings. The van der Waals surface area contributed by atoms with Crippen molar-refractivity contribution in [2.45, 2.75) is 51.8 Å². The van der Waals surface area contributed by atoms with Crippen LogP contribution in [-0.2, 0) is 20.7 Å². The number of hydrogen-bond donors (Lipinski definition) is 1. The van der Waals surface area contributed by atoms with Gasteiger partial charge < -0.3 is 19.2 Å². The van der Waals surface area contributed by atoms with Gasteiger partial charge in [0.2, 0.25) is 0 Å². The maximum atomic E-state index is 9.33. The Kier molecular flexibility index (Phi) is 4.89. The Morgan fingerprint density at radius 2 is 2.08 bits per heavy atom. The van der Waals surface area contributed by atoms with Crippen LogP contribution in [-0.4, -0.2) is 31.0 Å². The van der Waals surface area contributed by atoms with Crippen molar-refractivity contribution in [1.82, 2.24) is 0 Å². The molecule has 1 aromatic carbocycles. The number of rotatable bonds is 7. The second-order valence-electron chi connectivity index (χ2n) is 8.71. The summed E-state index contributed by atoms with van der Waals surface area (Å²) in [6.07, 6.45) is 5.72. The van der Waals surface area contributed by atoms with Crippen LogP contribution in [0.25, 0.3) is 0 Å². The van der Waals surface area contributed by atoms with Gasteiger partial charge in [0, 0.05) is 0 Å². The third-order valence-electron chi connectivity index (χ3n) is 6.83. The van der Waals surface area contributed by atoms with Gasteiger partial charge in [-0.05, 0) is 60.0 Å². The molecule has 4 aliphatic rings. The lowest BCUT2D eigenvalue weighted by atomic mass is 9.47. The summed E-state index contributed by atoms with van der Waals surface area (Å²) in [5, 5.41) is 9.33. The maximum Gasteiger partial charge on any atom is 0.458 e. The van der Waals surface area contributed by atoms with Gasteiger partial charge in [0.05, 0.1) is 25.4 Å². The van der Waals surface area contributed by atoms with E-state index in [1.807, 2.05) is 18.2 Å². The molecule has 1 aliphatic heterocycles. The molecule has 1 N–H and O–H groups in total. The zero-order valence-corrected chi connectivity index (χ0v) is 15.8. The average Bonchev–Trinajstić information content (AvgIpc) is 3.04. The van der Waals surface area contributed by atoms with Gasteiger partial charge in [-0.15, -0.1) is 6.58 Å². The van der Waals surface area contributed by atoms with E-state index in [-0.39, 0.29) is 31.0 Å². The molecule has 4 nitrogen and oxygen atoms in total. The van der Waals surface area contributed by atoms with Gasteiger partial charge in [-0.3, -0.25) is 0 Å². The van der Waals surface area contributed by atoms with Gasteiger partial charge in [0.1, 0.15) is 5.75 Å². The molecule has 5 unspecified atom stereocenters. The largest absolute Gasteiger partial charge is 0.508 e. The quantitative estimate of drug-likeness (QED) is 0.592. The van der Waals surface area contributed by atoms with E-state index >= 15 is 0 Å². The first kappa shape index (κ1) is 18.1. The molecule has 0 aromatic heterocycles. The van der Waals surface area contributed by atoms with E-state index in [1.54, 1.807) is 12.1 Å². The van der Waals surface area contributed by atoms with Crippen LogP contribution in [0.3, 0.4) is 0 Å². The first-order valence-corrected chi connectivity index (χ1v) is 9.76. The number of phenolic OH excluding ortho intramolecular Hbond substituents is 1. The highest BCUT2D eigenvalue weighted by Crippen LogP contribution is 2.61. The van der Waals surface area contributed by atoms with E-state index in [4.69, 9.17) is 14.0 Å². The van der Waals surface area contributed by atoms with E-state index < -0.39 is 0 Å². The molecule has 0 radical (unpaired) electrons. The van der Waals surface area contributed by atoms with Crippen molar-refractivity contribution in [1.29, 1.82) is 0 Å². The van der Waals surface area contributed by atoms with Crippen LogP contribution in [0.2, 0.25) is 6.32 Å². The van der Waals surface area contributed by atoms with E-state index in [0.29, 0.717) is 24.5 Å². The normalized spacial score (nSPS) is 32.6. The molecule has 1 saturated heterocycles. The summed E-state index contributed by atoms with van der Waals surface area (Å²) >= 11 is 0. The summed E-state index contributed by atoms with van der Waals surface area (Å²) in [6.45, 7) is 9.83. The van der Waals surface area contributed by atoms with Crippen LogP contribution in [0.1, 0.15) is 32.3 Å². The summed E-state index contributed by atoms with van der Waals surface area (Å²) in [7, 11) is -0.138. The Hall–Kier alpha value is -1.30. The summed E-state index contributed by atoms with van der Waals surface area (Å²) in [5.41, 5.74) is 1.46. The maximum absolute atomic E-state index is 9.33. The van der Waals surface area contributed by atoms with Crippen molar-refractivity contribution in [3.8, 4) is 5.75 Å². The number of ether oxygens (including phenoxy) is 1. The lowest BCUT2D eigenvalue weighted by Gasteiger charge is -2.60. The molecular weight excluding hydrogens is 327 g/mol. The van der Waals surface area contributed by atoms with E-state index in [9.17, 15) is 5.11 Å². The fraction of sp³-hybridized carbons (Fsp3) is 0.619. The number of benzene rings is 1. The highest BCUT2D eigenvalue weighted by Gasteiger charge is 2.61. The van der Waals surface area contributed by atoms with Crippen LogP contribution >= 0.6 is 0 Å². The lowest BCUT2D eigenvalue weighted by Crippen LogP contribution is -2.59. The molecule has 3 aliphatic carbocycles. The van der Waals surface area contributed by atoms with Crippen molar-refractivity contribution in [2.75, 3.05) is 6.61 Å². The minimum Gasteiger partial charge on any atom is -0.508 e. The summed E-state index contributed by atoms with van der Waals surface area (Å²) < 4.78 is 18.4.